The first kappa shape index (κ1) is 41.3. The van der Waals surface area contributed by atoms with Crippen LogP contribution in [0.5, 0.6) is 0 Å². The highest BCUT2D eigenvalue weighted by atomic mass is 28.4. The molecule has 0 aliphatic carbocycles. The molecule has 3 heterocycles. The minimum absolute atomic E-state index is 0.0554. The van der Waals surface area contributed by atoms with Crippen LogP contribution in [0.1, 0.15) is 84.1 Å². The standard InChI is InChI=1S/C37H60N4O7Si2/c1-23(2)33-25(4)16-18-30(43)39-29(38)17-15-24(3)20-27(48-50(11,12)37(5,6)7)21-26(42)22-31-40-32(36(46-31)49(8,9)10)34(44)41-19-13-14-28(41)35(45)47-33/h15-18,20,23,25,27-29,33H,13-14,19,21-22,38H2,1-12H3,(H,39,43)/b17-15?,18-16+,24-20?/t25-,27?,28-,29+,33-/m1/s1. The molecular formula is C37H60N4O7Si2. The van der Waals surface area contributed by atoms with Gasteiger partial charge in [0.25, 0.3) is 5.91 Å². The van der Waals surface area contributed by atoms with Crippen LogP contribution in [0.4, 0.5) is 0 Å². The van der Waals surface area contributed by atoms with Gasteiger partial charge in [-0.3, -0.25) is 14.4 Å². The predicted octanol–water partition coefficient (Wildman–Crippen LogP) is 5.39. The van der Waals surface area contributed by atoms with Gasteiger partial charge in [-0.25, -0.2) is 9.78 Å². The number of nitrogens with one attached hydrogen (secondary N) is 1. The third-order valence-electron chi connectivity index (χ3n) is 9.67. The number of carbonyl (C=O) groups excluding carboxylic acids is 4. The fraction of sp³-hybridized carbons (Fsp3) is 0.649. The highest BCUT2D eigenvalue weighted by Gasteiger charge is 2.42. The van der Waals surface area contributed by atoms with Gasteiger partial charge in [-0.05, 0) is 56.0 Å². The number of carbonyl (C=O) groups is 4. The molecule has 3 N–H and O–H groups in total. The number of ketones is 1. The largest absolute Gasteiger partial charge is 0.460 e. The number of Topliss-reactive ketones (excluding diaryl/α,β-unsaturated/α-hetero) is 1. The van der Waals surface area contributed by atoms with Crippen molar-refractivity contribution in [3.63, 3.8) is 0 Å². The zero-order chi connectivity index (χ0) is 37.8. The van der Waals surface area contributed by atoms with Crippen LogP contribution in [0.15, 0.2) is 40.4 Å². The molecule has 1 aromatic rings. The van der Waals surface area contributed by atoms with Gasteiger partial charge in [0.1, 0.15) is 31.4 Å². The summed E-state index contributed by atoms with van der Waals surface area (Å²) in [5, 5.41) is 3.15. The topological polar surface area (TPSA) is 154 Å². The van der Waals surface area contributed by atoms with E-state index in [1.807, 2.05) is 33.8 Å². The molecule has 13 heteroatoms. The fourth-order valence-corrected chi connectivity index (χ4v) is 8.47. The Balaban J connectivity index is 2.08. The van der Waals surface area contributed by atoms with E-state index in [0.717, 1.165) is 5.57 Å². The van der Waals surface area contributed by atoms with E-state index < -0.39 is 52.7 Å². The van der Waals surface area contributed by atoms with Crippen molar-refractivity contribution in [2.75, 3.05) is 6.54 Å². The number of nitrogens with two attached hydrogens (primary N) is 1. The van der Waals surface area contributed by atoms with Gasteiger partial charge in [0.15, 0.2) is 14.0 Å². The van der Waals surface area contributed by atoms with Gasteiger partial charge in [0.2, 0.25) is 11.8 Å². The van der Waals surface area contributed by atoms with E-state index in [0.29, 0.717) is 24.8 Å². The molecule has 0 saturated carbocycles. The summed E-state index contributed by atoms with van der Waals surface area (Å²) in [6, 6.07) is -0.783. The molecule has 50 heavy (non-hydrogen) atoms. The van der Waals surface area contributed by atoms with Gasteiger partial charge in [0, 0.05) is 18.9 Å². The minimum Gasteiger partial charge on any atom is -0.460 e. The summed E-state index contributed by atoms with van der Waals surface area (Å²) in [5.74, 6) is -1.58. The quantitative estimate of drug-likeness (QED) is 0.307. The second-order valence-electron chi connectivity index (χ2n) is 16.7. The number of hydrogen-bond donors (Lipinski definition) is 2. The van der Waals surface area contributed by atoms with E-state index in [1.54, 1.807) is 18.2 Å². The maximum absolute atomic E-state index is 14.1. The van der Waals surface area contributed by atoms with Crippen molar-refractivity contribution in [1.82, 2.24) is 15.2 Å². The fourth-order valence-electron chi connectivity index (χ4n) is 5.92. The summed E-state index contributed by atoms with van der Waals surface area (Å²) < 4.78 is 19.0. The van der Waals surface area contributed by atoms with Crippen molar-refractivity contribution in [3.05, 3.63) is 47.5 Å². The molecule has 1 unspecified atom stereocenters. The van der Waals surface area contributed by atoms with Gasteiger partial charge in [-0.1, -0.05) is 85.0 Å². The van der Waals surface area contributed by atoms with Crippen LogP contribution in [-0.4, -0.2) is 80.8 Å². The monoisotopic (exact) mass is 728 g/mol. The van der Waals surface area contributed by atoms with Crippen molar-refractivity contribution in [2.45, 2.75) is 136 Å². The van der Waals surface area contributed by atoms with Crippen LogP contribution >= 0.6 is 0 Å². The molecule has 2 aliphatic rings. The zero-order valence-electron chi connectivity index (χ0n) is 32.2. The second-order valence-corrected chi connectivity index (χ2v) is 26.4. The molecule has 0 radical (unpaired) electrons. The third kappa shape index (κ3) is 10.9. The van der Waals surface area contributed by atoms with Crippen molar-refractivity contribution >= 4 is 45.3 Å². The molecule has 0 spiro atoms. The average molecular weight is 729 g/mol. The van der Waals surface area contributed by atoms with Crippen molar-refractivity contribution < 1.29 is 32.8 Å². The first-order valence-electron chi connectivity index (χ1n) is 17.8. The number of fused-ring (bicyclic) bond motifs is 3. The lowest BCUT2D eigenvalue weighted by molar-refractivity contribution is -0.158. The molecule has 2 aliphatic heterocycles. The summed E-state index contributed by atoms with van der Waals surface area (Å²) in [4.78, 5) is 60.4. The predicted molar refractivity (Wildman–Crippen MR) is 201 cm³/mol. The van der Waals surface area contributed by atoms with Crippen LogP contribution < -0.4 is 16.4 Å². The molecule has 2 bridgehead atoms. The molecule has 5 atom stereocenters. The van der Waals surface area contributed by atoms with Crippen LogP contribution in [0.2, 0.25) is 37.8 Å². The maximum Gasteiger partial charge on any atom is 0.329 e. The second kappa shape index (κ2) is 16.5. The van der Waals surface area contributed by atoms with E-state index in [1.165, 1.54) is 11.0 Å². The number of allylic oxidation sites excluding steroid dienone is 2. The molecule has 3 rings (SSSR count). The normalized spacial score (nSPS) is 26.4. The van der Waals surface area contributed by atoms with Gasteiger partial charge >= 0.3 is 5.97 Å². The number of nitrogens with zero attached hydrogens (tertiary/aromatic N) is 2. The van der Waals surface area contributed by atoms with E-state index in [-0.39, 0.29) is 53.0 Å². The Bertz CT molecular complexity index is 1500. The van der Waals surface area contributed by atoms with E-state index in [9.17, 15) is 19.2 Å². The number of oxazole rings is 1. The molecule has 1 fully saturated rings. The lowest BCUT2D eigenvalue weighted by atomic mass is 9.94. The lowest BCUT2D eigenvalue weighted by Gasteiger charge is -2.38. The van der Waals surface area contributed by atoms with Gasteiger partial charge in [-0.15, -0.1) is 0 Å². The summed E-state index contributed by atoms with van der Waals surface area (Å²) in [5.41, 5.74) is 7.20. The summed E-state index contributed by atoms with van der Waals surface area (Å²) in [6.45, 7) is 24.9. The smallest absolute Gasteiger partial charge is 0.329 e. The number of aromatic nitrogens is 1. The molecule has 1 aromatic heterocycles. The third-order valence-corrected chi connectivity index (χ3v) is 15.9. The van der Waals surface area contributed by atoms with Crippen LogP contribution in [0.25, 0.3) is 0 Å². The minimum atomic E-state index is -2.29. The zero-order valence-corrected chi connectivity index (χ0v) is 34.2. The molecule has 1 saturated heterocycles. The van der Waals surface area contributed by atoms with E-state index in [4.69, 9.17) is 19.3 Å². The number of amides is 2. The maximum atomic E-state index is 14.1. The highest BCUT2D eigenvalue weighted by molar-refractivity contribution is 6.88. The molecule has 2 amide bonds. The van der Waals surface area contributed by atoms with E-state index in [2.05, 4.69) is 63.8 Å². The average Bonchev–Trinajstić information content (AvgIpc) is 3.64. The van der Waals surface area contributed by atoms with Crippen molar-refractivity contribution in [2.24, 2.45) is 17.6 Å². The number of esters is 1. The van der Waals surface area contributed by atoms with E-state index >= 15 is 0 Å². The first-order valence-corrected chi connectivity index (χ1v) is 24.2. The molecular weight excluding hydrogens is 669 g/mol. The SMILES string of the molecule is CC1=CC(O[Si](C)(C)C(C)(C)C)CC(=O)Cc2nc(c([Si](C)(C)C)o2)C(=O)N2CCC[C@@H]2C(=O)O[C@H](C(C)C)[C@H](C)/C=C/C(=O)N[C@H](N)C=C1. The first-order chi connectivity index (χ1) is 23.0. The van der Waals surface area contributed by atoms with Crippen LogP contribution in [-0.2, 0) is 30.0 Å². The molecule has 11 nitrogen and oxygen atoms in total. The van der Waals surface area contributed by atoms with Crippen LogP contribution in [0.3, 0.4) is 0 Å². The molecule has 0 aromatic carbocycles. The lowest BCUT2D eigenvalue weighted by Crippen LogP contribution is -2.47. The Morgan fingerprint density at radius 2 is 1.72 bits per heavy atom. The van der Waals surface area contributed by atoms with Gasteiger partial charge < -0.3 is 29.5 Å². The number of ether oxygens (including phenoxy) is 1. The van der Waals surface area contributed by atoms with Gasteiger partial charge in [-0.2, -0.15) is 0 Å². The summed E-state index contributed by atoms with van der Waals surface area (Å²) >= 11 is 0. The Kier molecular flexibility index (Phi) is 13.6. The molecule has 278 valence electrons. The Morgan fingerprint density at radius 3 is 2.32 bits per heavy atom. The highest BCUT2D eigenvalue weighted by Crippen LogP contribution is 2.38. The Hall–Kier alpha value is -3.14. The van der Waals surface area contributed by atoms with Crippen molar-refractivity contribution in [3.8, 4) is 0 Å². The number of hydrogen-bond acceptors (Lipinski definition) is 9. The number of rotatable bonds is 4. The summed E-state index contributed by atoms with van der Waals surface area (Å²) in [6.07, 6.45) is 7.74. The van der Waals surface area contributed by atoms with Crippen molar-refractivity contribution in [1.29, 1.82) is 0 Å². The van der Waals surface area contributed by atoms with Crippen LogP contribution in [0, 0.1) is 11.8 Å². The summed E-state index contributed by atoms with van der Waals surface area (Å²) in [7, 11) is -4.55. The Morgan fingerprint density at radius 1 is 1.06 bits per heavy atom. The Labute approximate surface area is 300 Å². The van der Waals surface area contributed by atoms with Gasteiger partial charge in [0.05, 0.1) is 18.7 Å². The number of cyclic esters (lactones) is 1.